The molecule has 1 aromatic carbocycles. The maximum atomic E-state index is 5.77. The predicted octanol–water partition coefficient (Wildman–Crippen LogP) is 1.80. The minimum Gasteiger partial charge on any atom is -0.399 e. The zero-order valence-corrected chi connectivity index (χ0v) is 9.19. The van der Waals surface area contributed by atoms with E-state index in [1.54, 1.807) is 0 Å². The van der Waals surface area contributed by atoms with Gasteiger partial charge in [0.1, 0.15) is 5.82 Å². The van der Waals surface area contributed by atoms with Crippen molar-refractivity contribution in [3.63, 3.8) is 0 Å². The van der Waals surface area contributed by atoms with E-state index in [4.69, 9.17) is 11.5 Å². The first-order chi connectivity index (χ1) is 7.79. The Balaban J connectivity index is 2.22. The molecular weight excluding hydrogens is 200 g/mol. The Kier molecular flexibility index (Phi) is 2.11. The highest BCUT2D eigenvalue weighted by molar-refractivity contribution is 5.79. The number of imidazole rings is 1. The van der Waals surface area contributed by atoms with Gasteiger partial charge in [0.05, 0.1) is 17.6 Å². The SMILES string of the molecule is NCc1nc2cc(N)ccc2n1C1CCC1. The van der Waals surface area contributed by atoms with Gasteiger partial charge in [0.15, 0.2) is 0 Å². The highest BCUT2D eigenvalue weighted by atomic mass is 15.1. The lowest BCUT2D eigenvalue weighted by molar-refractivity contribution is 0.313. The van der Waals surface area contributed by atoms with E-state index in [-0.39, 0.29) is 0 Å². The first kappa shape index (κ1) is 9.66. The van der Waals surface area contributed by atoms with Crippen molar-refractivity contribution in [2.24, 2.45) is 5.73 Å². The molecule has 4 nitrogen and oxygen atoms in total. The number of rotatable bonds is 2. The third kappa shape index (κ3) is 1.30. The van der Waals surface area contributed by atoms with Crippen LogP contribution in [0.4, 0.5) is 5.69 Å². The average Bonchev–Trinajstić information content (AvgIpc) is 2.54. The van der Waals surface area contributed by atoms with Gasteiger partial charge in [-0.05, 0) is 37.5 Å². The van der Waals surface area contributed by atoms with Crippen LogP contribution in [-0.4, -0.2) is 9.55 Å². The summed E-state index contributed by atoms with van der Waals surface area (Å²) >= 11 is 0. The molecule has 1 fully saturated rings. The summed E-state index contributed by atoms with van der Waals surface area (Å²) in [5.41, 5.74) is 14.4. The van der Waals surface area contributed by atoms with Crippen LogP contribution in [-0.2, 0) is 6.54 Å². The van der Waals surface area contributed by atoms with Gasteiger partial charge in [0.25, 0.3) is 0 Å². The van der Waals surface area contributed by atoms with Crippen LogP contribution < -0.4 is 11.5 Å². The van der Waals surface area contributed by atoms with Crippen LogP contribution in [0.2, 0.25) is 0 Å². The Bertz CT molecular complexity index is 525. The van der Waals surface area contributed by atoms with Crippen molar-refractivity contribution in [3.05, 3.63) is 24.0 Å². The van der Waals surface area contributed by atoms with Crippen molar-refractivity contribution >= 4 is 16.7 Å². The van der Waals surface area contributed by atoms with Gasteiger partial charge in [0.2, 0.25) is 0 Å². The molecule has 84 valence electrons. The molecular formula is C12H16N4. The highest BCUT2D eigenvalue weighted by Gasteiger charge is 2.23. The molecule has 1 heterocycles. The molecule has 0 amide bonds. The number of fused-ring (bicyclic) bond motifs is 1. The number of nitrogen functional groups attached to an aromatic ring is 1. The normalized spacial score (nSPS) is 16.6. The molecule has 0 saturated heterocycles. The van der Waals surface area contributed by atoms with Crippen LogP contribution in [0.3, 0.4) is 0 Å². The Morgan fingerprint density at radius 3 is 2.81 bits per heavy atom. The molecule has 0 radical (unpaired) electrons. The number of hydrogen-bond acceptors (Lipinski definition) is 3. The van der Waals surface area contributed by atoms with Gasteiger partial charge < -0.3 is 16.0 Å². The van der Waals surface area contributed by atoms with E-state index >= 15 is 0 Å². The van der Waals surface area contributed by atoms with Gasteiger partial charge in [-0.3, -0.25) is 0 Å². The van der Waals surface area contributed by atoms with E-state index < -0.39 is 0 Å². The number of benzene rings is 1. The van der Waals surface area contributed by atoms with Gasteiger partial charge in [-0.1, -0.05) is 0 Å². The predicted molar refractivity (Wildman–Crippen MR) is 64.9 cm³/mol. The van der Waals surface area contributed by atoms with E-state index in [2.05, 4.69) is 15.6 Å². The number of hydrogen-bond donors (Lipinski definition) is 2. The van der Waals surface area contributed by atoms with Gasteiger partial charge in [-0.15, -0.1) is 0 Å². The highest BCUT2D eigenvalue weighted by Crippen LogP contribution is 2.35. The molecule has 0 unspecified atom stereocenters. The summed E-state index contributed by atoms with van der Waals surface area (Å²) in [6, 6.07) is 6.49. The third-order valence-corrected chi connectivity index (χ3v) is 3.41. The fraction of sp³-hybridized carbons (Fsp3) is 0.417. The fourth-order valence-corrected chi connectivity index (χ4v) is 2.36. The molecule has 0 atom stereocenters. The second-order valence-electron chi connectivity index (χ2n) is 4.44. The minimum atomic E-state index is 0.491. The van der Waals surface area contributed by atoms with E-state index in [9.17, 15) is 0 Å². The third-order valence-electron chi connectivity index (χ3n) is 3.41. The number of anilines is 1. The maximum Gasteiger partial charge on any atom is 0.123 e. The monoisotopic (exact) mass is 216 g/mol. The summed E-state index contributed by atoms with van der Waals surface area (Å²) < 4.78 is 2.29. The quantitative estimate of drug-likeness (QED) is 0.752. The smallest absolute Gasteiger partial charge is 0.123 e. The Hall–Kier alpha value is -1.55. The lowest BCUT2D eigenvalue weighted by Gasteiger charge is -2.29. The molecule has 4 heteroatoms. The molecule has 16 heavy (non-hydrogen) atoms. The van der Waals surface area contributed by atoms with Crippen LogP contribution in [0.25, 0.3) is 11.0 Å². The first-order valence-corrected chi connectivity index (χ1v) is 5.76. The van der Waals surface area contributed by atoms with Crippen LogP contribution in [0.15, 0.2) is 18.2 Å². The number of nitrogens with two attached hydrogens (primary N) is 2. The molecule has 3 rings (SSSR count). The van der Waals surface area contributed by atoms with Gasteiger partial charge in [-0.25, -0.2) is 4.98 Å². The molecule has 1 aromatic heterocycles. The minimum absolute atomic E-state index is 0.491. The topological polar surface area (TPSA) is 69.9 Å². The zero-order chi connectivity index (χ0) is 11.1. The maximum absolute atomic E-state index is 5.77. The summed E-state index contributed by atoms with van der Waals surface area (Å²) in [6.07, 6.45) is 3.79. The molecule has 4 N–H and O–H groups in total. The second-order valence-corrected chi connectivity index (χ2v) is 4.44. The molecule has 1 aliphatic carbocycles. The first-order valence-electron chi connectivity index (χ1n) is 5.76. The Labute approximate surface area is 94.3 Å². The largest absolute Gasteiger partial charge is 0.399 e. The van der Waals surface area contributed by atoms with Gasteiger partial charge >= 0.3 is 0 Å². The van der Waals surface area contributed by atoms with Gasteiger partial charge in [-0.2, -0.15) is 0 Å². The van der Waals surface area contributed by atoms with Crippen LogP contribution >= 0.6 is 0 Å². The lowest BCUT2D eigenvalue weighted by Crippen LogP contribution is -2.20. The van der Waals surface area contributed by atoms with Gasteiger partial charge in [0, 0.05) is 11.7 Å². The number of nitrogens with zero attached hydrogens (tertiary/aromatic N) is 2. The lowest BCUT2D eigenvalue weighted by atomic mass is 9.92. The van der Waals surface area contributed by atoms with Crippen molar-refractivity contribution in [2.45, 2.75) is 31.8 Å². The molecule has 0 spiro atoms. The van der Waals surface area contributed by atoms with Crippen molar-refractivity contribution in [1.82, 2.24) is 9.55 Å². The summed E-state index contributed by atoms with van der Waals surface area (Å²) in [6.45, 7) is 0.491. The standard InChI is InChI=1S/C12H16N4/c13-7-12-15-10-6-8(14)4-5-11(10)16(12)9-2-1-3-9/h4-6,9H,1-3,7,13-14H2. The zero-order valence-electron chi connectivity index (χ0n) is 9.19. The van der Waals surface area contributed by atoms with Crippen molar-refractivity contribution in [3.8, 4) is 0 Å². The number of aromatic nitrogens is 2. The second kappa shape index (κ2) is 3.49. The van der Waals surface area contributed by atoms with Crippen molar-refractivity contribution in [2.75, 3.05) is 5.73 Å². The van der Waals surface area contributed by atoms with Crippen molar-refractivity contribution < 1.29 is 0 Å². The molecule has 0 bridgehead atoms. The summed E-state index contributed by atoms with van der Waals surface area (Å²) in [7, 11) is 0. The Morgan fingerprint density at radius 1 is 1.38 bits per heavy atom. The molecule has 2 aromatic rings. The van der Waals surface area contributed by atoms with E-state index in [0.29, 0.717) is 12.6 Å². The van der Waals surface area contributed by atoms with Crippen LogP contribution in [0.1, 0.15) is 31.1 Å². The van der Waals surface area contributed by atoms with Crippen LogP contribution in [0.5, 0.6) is 0 Å². The van der Waals surface area contributed by atoms with E-state index in [1.165, 1.54) is 24.8 Å². The van der Waals surface area contributed by atoms with Crippen LogP contribution in [0, 0.1) is 0 Å². The molecule has 1 saturated carbocycles. The molecule has 0 aliphatic heterocycles. The molecule has 1 aliphatic rings. The summed E-state index contributed by atoms with van der Waals surface area (Å²) in [5.74, 6) is 0.977. The summed E-state index contributed by atoms with van der Waals surface area (Å²) in [4.78, 5) is 4.55. The summed E-state index contributed by atoms with van der Waals surface area (Å²) in [5, 5.41) is 0. The van der Waals surface area contributed by atoms with Crippen molar-refractivity contribution in [1.29, 1.82) is 0 Å². The average molecular weight is 216 g/mol. The van der Waals surface area contributed by atoms with E-state index in [1.807, 2.05) is 12.1 Å². The fourth-order valence-electron chi connectivity index (χ4n) is 2.36. The van der Waals surface area contributed by atoms with E-state index in [0.717, 1.165) is 17.0 Å². The Morgan fingerprint density at radius 2 is 2.19 bits per heavy atom.